The third kappa shape index (κ3) is 4.82. The van der Waals surface area contributed by atoms with Crippen LogP contribution in [0.3, 0.4) is 0 Å². The Bertz CT molecular complexity index is 878. The Hall–Kier alpha value is -3.88. The molecule has 0 atom stereocenters. The number of carbonyl (C=O) groups is 4. The molecule has 2 aromatic rings. The number of carbonyl (C=O) groups excluding carboxylic acids is 4. The summed E-state index contributed by atoms with van der Waals surface area (Å²) in [5.74, 6) is -0.760. The average Bonchev–Trinajstić information content (AvgIpc) is 3.16. The summed E-state index contributed by atoms with van der Waals surface area (Å²) >= 11 is 0. The van der Waals surface area contributed by atoms with Gasteiger partial charge in [-0.3, -0.25) is 25.0 Å². The van der Waals surface area contributed by atoms with Crippen molar-refractivity contribution in [3.63, 3.8) is 0 Å². The molecule has 3 N–H and O–H groups in total. The summed E-state index contributed by atoms with van der Waals surface area (Å²) in [5.41, 5.74) is 0.375. The van der Waals surface area contributed by atoms with Crippen molar-refractivity contribution >= 4 is 29.8 Å². The van der Waals surface area contributed by atoms with Gasteiger partial charge in [-0.15, -0.1) is 0 Å². The number of nitrogens with one attached hydrogen (secondary N) is 3. The van der Waals surface area contributed by atoms with Crippen LogP contribution in [0.1, 0.15) is 11.3 Å². The summed E-state index contributed by atoms with van der Waals surface area (Å²) in [4.78, 5) is 46.1. The van der Waals surface area contributed by atoms with Crippen LogP contribution in [0, 0.1) is 0 Å². The Kier molecular flexibility index (Phi) is 5.31. The first-order valence-corrected chi connectivity index (χ1v) is 7.91. The Morgan fingerprint density at radius 3 is 2.41 bits per heavy atom. The molecule has 0 spiro atoms. The Morgan fingerprint density at radius 1 is 1.07 bits per heavy atom. The molecule has 0 radical (unpaired) electrons. The van der Waals surface area contributed by atoms with E-state index in [2.05, 4.69) is 5.32 Å². The smallest absolute Gasteiger partial charge is 0.328 e. The maximum Gasteiger partial charge on any atom is 0.328 e. The van der Waals surface area contributed by atoms with Gasteiger partial charge < -0.3 is 14.5 Å². The second-order valence-electron chi connectivity index (χ2n) is 5.51. The van der Waals surface area contributed by atoms with Gasteiger partial charge in [-0.05, 0) is 35.9 Å². The first-order valence-electron chi connectivity index (χ1n) is 7.91. The molecule has 27 heavy (non-hydrogen) atoms. The van der Waals surface area contributed by atoms with Crippen LogP contribution < -0.4 is 20.7 Å². The number of imide groups is 2. The highest BCUT2D eigenvalue weighted by Gasteiger charge is 2.27. The molecular formula is C18H15N3O6. The number of urea groups is 1. The number of ether oxygens (including phenoxy) is 1. The molecule has 0 saturated carbocycles. The van der Waals surface area contributed by atoms with Crippen molar-refractivity contribution < 1.29 is 28.3 Å². The molecule has 1 fully saturated rings. The van der Waals surface area contributed by atoms with Gasteiger partial charge in [0.25, 0.3) is 17.7 Å². The predicted molar refractivity (Wildman–Crippen MR) is 92.2 cm³/mol. The molecule has 9 heteroatoms. The van der Waals surface area contributed by atoms with Gasteiger partial charge in [-0.25, -0.2) is 4.79 Å². The van der Waals surface area contributed by atoms with Crippen molar-refractivity contribution in [2.75, 3.05) is 6.61 Å². The summed E-state index contributed by atoms with van der Waals surface area (Å²) in [6.45, 7) is 0.0996. The summed E-state index contributed by atoms with van der Waals surface area (Å²) in [5, 5.41) is 6.64. The zero-order chi connectivity index (χ0) is 19.2. The lowest BCUT2D eigenvalue weighted by Crippen LogP contribution is -2.51. The quantitative estimate of drug-likeness (QED) is 0.509. The fourth-order valence-corrected chi connectivity index (χ4v) is 2.23. The number of hydrogen-bond donors (Lipinski definition) is 3. The van der Waals surface area contributed by atoms with Gasteiger partial charge in [-0.2, -0.15) is 0 Å². The summed E-state index contributed by atoms with van der Waals surface area (Å²) in [6.07, 6.45) is 2.87. The van der Waals surface area contributed by atoms with Crippen molar-refractivity contribution in [1.29, 1.82) is 0 Å². The van der Waals surface area contributed by atoms with Gasteiger partial charge in [0.05, 0.1) is 12.8 Å². The number of amides is 5. The van der Waals surface area contributed by atoms with E-state index in [1.807, 2.05) is 10.6 Å². The number of barbiturate groups is 1. The maximum atomic E-state index is 11.7. The fraction of sp³-hybridized carbons (Fsp3) is 0.111. The van der Waals surface area contributed by atoms with Gasteiger partial charge in [0.15, 0.2) is 6.61 Å². The monoisotopic (exact) mass is 369 g/mol. The van der Waals surface area contributed by atoms with E-state index in [1.54, 1.807) is 36.4 Å². The molecule has 1 aromatic carbocycles. The van der Waals surface area contributed by atoms with Crippen LogP contribution in [0.5, 0.6) is 5.75 Å². The molecule has 1 aliphatic rings. The maximum absolute atomic E-state index is 11.7. The zero-order valence-electron chi connectivity index (χ0n) is 14.0. The lowest BCUT2D eigenvalue weighted by molar-refractivity contribution is -0.124. The van der Waals surface area contributed by atoms with E-state index in [1.165, 1.54) is 12.3 Å². The van der Waals surface area contributed by atoms with Crippen molar-refractivity contribution in [3.8, 4) is 5.75 Å². The van der Waals surface area contributed by atoms with E-state index < -0.39 is 17.8 Å². The Labute approximate surface area is 153 Å². The van der Waals surface area contributed by atoms with Crippen LogP contribution in [0.15, 0.2) is 52.7 Å². The molecular weight excluding hydrogens is 354 g/mol. The minimum absolute atomic E-state index is 0.173. The normalized spacial score (nSPS) is 13.6. The summed E-state index contributed by atoms with van der Waals surface area (Å²) in [7, 11) is 0. The largest absolute Gasteiger partial charge is 0.484 e. The summed E-state index contributed by atoms with van der Waals surface area (Å²) < 4.78 is 10.5. The minimum atomic E-state index is -0.851. The highest BCUT2D eigenvalue weighted by molar-refractivity contribution is 6.31. The molecule has 2 heterocycles. The molecule has 5 amide bonds. The molecule has 9 nitrogen and oxygen atoms in total. The Balaban J connectivity index is 1.53. The van der Waals surface area contributed by atoms with Crippen LogP contribution in [-0.2, 0) is 20.9 Å². The van der Waals surface area contributed by atoms with Crippen LogP contribution in [0.2, 0.25) is 0 Å². The number of rotatable bonds is 6. The van der Waals surface area contributed by atoms with Crippen LogP contribution in [-0.4, -0.2) is 30.4 Å². The van der Waals surface area contributed by atoms with Gasteiger partial charge in [-0.1, -0.05) is 12.1 Å². The molecule has 1 aliphatic heterocycles. The first kappa shape index (κ1) is 17.9. The highest BCUT2D eigenvalue weighted by Crippen LogP contribution is 2.15. The van der Waals surface area contributed by atoms with E-state index >= 15 is 0 Å². The average molecular weight is 369 g/mol. The second-order valence-corrected chi connectivity index (χ2v) is 5.51. The number of benzene rings is 1. The minimum Gasteiger partial charge on any atom is -0.484 e. The fourth-order valence-electron chi connectivity index (χ4n) is 2.23. The Morgan fingerprint density at radius 2 is 1.78 bits per heavy atom. The molecule has 1 aromatic heterocycles. The number of hydrogen-bond acceptors (Lipinski definition) is 6. The lowest BCUT2D eigenvalue weighted by atomic mass is 10.1. The van der Waals surface area contributed by atoms with Crippen LogP contribution >= 0.6 is 0 Å². The van der Waals surface area contributed by atoms with Crippen molar-refractivity contribution in [3.05, 3.63) is 59.6 Å². The zero-order valence-corrected chi connectivity index (χ0v) is 14.0. The van der Waals surface area contributed by atoms with E-state index in [-0.39, 0.29) is 24.6 Å². The standard InChI is InChI=1S/C18H15N3O6/c22-15(19-9-13-2-1-7-26-13)10-27-12-5-3-11(4-6-12)8-14-16(23)20-18(25)21-17(14)24/h1-8H,9-10H2,(H,19,22)(H2,20,21,23,24,25). The van der Waals surface area contributed by atoms with Gasteiger partial charge >= 0.3 is 6.03 Å². The predicted octanol–water partition coefficient (Wildman–Crippen LogP) is 0.724. The third-order valence-electron chi connectivity index (χ3n) is 3.54. The van der Waals surface area contributed by atoms with Crippen LogP contribution in [0.25, 0.3) is 6.08 Å². The van der Waals surface area contributed by atoms with E-state index in [0.717, 1.165) is 0 Å². The summed E-state index contributed by atoms with van der Waals surface area (Å²) in [6, 6.07) is 9.03. The van der Waals surface area contributed by atoms with Gasteiger partial charge in [0.1, 0.15) is 17.1 Å². The number of furan rings is 1. The molecule has 1 saturated heterocycles. The van der Waals surface area contributed by atoms with Crippen molar-refractivity contribution in [2.45, 2.75) is 6.54 Å². The molecule has 138 valence electrons. The molecule has 0 aliphatic carbocycles. The SMILES string of the molecule is O=C(COc1ccc(C=C2C(=O)NC(=O)NC2=O)cc1)NCc1ccco1. The van der Waals surface area contributed by atoms with Gasteiger partial charge in [0, 0.05) is 0 Å². The van der Waals surface area contributed by atoms with Crippen LogP contribution in [0.4, 0.5) is 4.79 Å². The lowest BCUT2D eigenvalue weighted by Gasteiger charge is -2.13. The second kappa shape index (κ2) is 8.00. The van der Waals surface area contributed by atoms with Crippen molar-refractivity contribution in [2.24, 2.45) is 0 Å². The van der Waals surface area contributed by atoms with E-state index in [9.17, 15) is 19.2 Å². The van der Waals surface area contributed by atoms with E-state index in [0.29, 0.717) is 17.1 Å². The third-order valence-corrected chi connectivity index (χ3v) is 3.54. The molecule has 0 bridgehead atoms. The van der Waals surface area contributed by atoms with Gasteiger partial charge in [0.2, 0.25) is 0 Å². The highest BCUT2D eigenvalue weighted by atomic mass is 16.5. The molecule has 0 unspecified atom stereocenters. The van der Waals surface area contributed by atoms with E-state index in [4.69, 9.17) is 9.15 Å². The topological polar surface area (TPSA) is 127 Å². The molecule has 3 rings (SSSR count). The van der Waals surface area contributed by atoms with Crippen molar-refractivity contribution in [1.82, 2.24) is 16.0 Å². The first-order chi connectivity index (χ1) is 13.0.